The van der Waals surface area contributed by atoms with E-state index in [0.29, 0.717) is 37.9 Å². The van der Waals surface area contributed by atoms with Crippen molar-refractivity contribution >= 4 is 15.9 Å². The number of hydrogen-bond donors (Lipinski definition) is 1. The van der Waals surface area contributed by atoms with Gasteiger partial charge in [0, 0.05) is 25.0 Å². The minimum absolute atomic E-state index is 0.0846. The molecule has 4 rings (SSSR count). The monoisotopic (exact) mass is 380 g/mol. The number of halogens is 1. The van der Waals surface area contributed by atoms with Crippen LogP contribution in [0.5, 0.6) is 0 Å². The van der Waals surface area contributed by atoms with Crippen LogP contribution in [0.25, 0.3) is 0 Å². The molecule has 26 heavy (non-hydrogen) atoms. The van der Waals surface area contributed by atoms with E-state index in [1.54, 1.807) is 0 Å². The molecule has 5 nitrogen and oxygen atoms in total. The van der Waals surface area contributed by atoms with Crippen molar-refractivity contribution in [3.05, 3.63) is 30.1 Å². The fourth-order valence-corrected chi connectivity index (χ4v) is 6.31. The van der Waals surface area contributed by atoms with E-state index >= 15 is 0 Å². The van der Waals surface area contributed by atoms with Crippen LogP contribution >= 0.6 is 0 Å². The Kier molecular flexibility index (Phi) is 4.77. The van der Waals surface area contributed by atoms with Crippen LogP contribution in [0.2, 0.25) is 0 Å². The van der Waals surface area contributed by atoms with Crippen molar-refractivity contribution in [1.29, 1.82) is 0 Å². The van der Waals surface area contributed by atoms with E-state index in [0.717, 1.165) is 24.5 Å². The first-order valence-electron chi connectivity index (χ1n) is 9.49. The van der Waals surface area contributed by atoms with Gasteiger partial charge in [0.25, 0.3) is 0 Å². The van der Waals surface area contributed by atoms with Gasteiger partial charge in [-0.1, -0.05) is 6.42 Å². The molecule has 142 valence electrons. The van der Waals surface area contributed by atoms with Crippen LogP contribution in [0.15, 0.2) is 29.2 Å². The van der Waals surface area contributed by atoms with Gasteiger partial charge in [-0.15, -0.1) is 0 Å². The van der Waals surface area contributed by atoms with Crippen LogP contribution in [0.4, 0.5) is 4.39 Å². The van der Waals surface area contributed by atoms with Crippen molar-refractivity contribution in [1.82, 2.24) is 9.62 Å². The molecule has 2 saturated carbocycles. The van der Waals surface area contributed by atoms with Gasteiger partial charge >= 0.3 is 0 Å². The van der Waals surface area contributed by atoms with Crippen molar-refractivity contribution in [2.45, 2.75) is 49.5 Å². The highest BCUT2D eigenvalue weighted by atomic mass is 32.2. The number of benzene rings is 1. The van der Waals surface area contributed by atoms with E-state index < -0.39 is 15.8 Å². The zero-order valence-corrected chi connectivity index (χ0v) is 15.6. The SMILES string of the molecule is O=C(N[C@H]1C[C@H]2CC[C@@H]1C2)C1CCN(S(=O)(=O)c2ccc(F)cc2)CC1. The highest BCUT2D eigenvalue weighted by molar-refractivity contribution is 7.89. The van der Waals surface area contributed by atoms with E-state index in [2.05, 4.69) is 5.32 Å². The smallest absolute Gasteiger partial charge is 0.243 e. The number of nitrogens with zero attached hydrogens (tertiary/aromatic N) is 1. The lowest BCUT2D eigenvalue weighted by molar-refractivity contribution is -0.127. The molecule has 0 spiro atoms. The first kappa shape index (κ1) is 17.9. The lowest BCUT2D eigenvalue weighted by Gasteiger charge is -2.32. The van der Waals surface area contributed by atoms with Gasteiger partial charge in [-0.3, -0.25) is 4.79 Å². The maximum Gasteiger partial charge on any atom is 0.243 e. The Morgan fingerprint density at radius 1 is 1.04 bits per heavy atom. The number of nitrogens with one attached hydrogen (secondary N) is 1. The van der Waals surface area contributed by atoms with Crippen LogP contribution in [0.1, 0.15) is 38.5 Å². The average Bonchev–Trinajstić information content (AvgIpc) is 3.25. The van der Waals surface area contributed by atoms with Crippen molar-refractivity contribution in [3.63, 3.8) is 0 Å². The molecule has 0 unspecified atom stereocenters. The summed E-state index contributed by atoms with van der Waals surface area (Å²) in [7, 11) is -3.62. The topological polar surface area (TPSA) is 66.5 Å². The number of carbonyl (C=O) groups excluding carboxylic acids is 1. The Hall–Kier alpha value is -1.47. The minimum atomic E-state index is -3.62. The molecule has 3 atom stereocenters. The summed E-state index contributed by atoms with van der Waals surface area (Å²) in [6.07, 6.45) is 5.95. The molecular weight excluding hydrogens is 355 g/mol. The quantitative estimate of drug-likeness (QED) is 0.873. The number of piperidine rings is 1. The first-order chi connectivity index (χ1) is 12.4. The van der Waals surface area contributed by atoms with Gasteiger partial charge in [-0.05, 0) is 68.2 Å². The Morgan fingerprint density at radius 2 is 1.73 bits per heavy atom. The summed E-state index contributed by atoms with van der Waals surface area (Å²) in [5, 5.41) is 3.22. The number of hydrogen-bond acceptors (Lipinski definition) is 3. The van der Waals surface area contributed by atoms with Crippen molar-refractivity contribution in [3.8, 4) is 0 Å². The van der Waals surface area contributed by atoms with Crippen LogP contribution in [0, 0.1) is 23.6 Å². The third-order valence-corrected chi connectivity index (χ3v) is 8.25. The Morgan fingerprint density at radius 3 is 2.31 bits per heavy atom. The fraction of sp³-hybridized carbons (Fsp3) is 0.632. The lowest BCUT2D eigenvalue weighted by Crippen LogP contribution is -2.46. The lowest BCUT2D eigenvalue weighted by atomic mass is 9.93. The van der Waals surface area contributed by atoms with Crippen molar-refractivity contribution in [2.24, 2.45) is 17.8 Å². The van der Waals surface area contributed by atoms with E-state index in [1.165, 1.54) is 35.7 Å². The van der Waals surface area contributed by atoms with Gasteiger partial charge in [-0.2, -0.15) is 4.31 Å². The molecule has 1 N–H and O–H groups in total. The Labute approximate surface area is 154 Å². The molecule has 3 aliphatic rings. The van der Waals surface area contributed by atoms with Crippen molar-refractivity contribution in [2.75, 3.05) is 13.1 Å². The zero-order valence-electron chi connectivity index (χ0n) is 14.7. The van der Waals surface area contributed by atoms with E-state index in [1.807, 2.05) is 0 Å². The largest absolute Gasteiger partial charge is 0.353 e. The van der Waals surface area contributed by atoms with E-state index in [-0.39, 0.29) is 16.7 Å². The summed E-state index contributed by atoms with van der Waals surface area (Å²) in [6.45, 7) is 0.656. The molecule has 1 amide bonds. The fourth-order valence-electron chi connectivity index (χ4n) is 4.84. The molecule has 0 aromatic heterocycles. The Balaban J connectivity index is 1.33. The molecule has 1 heterocycles. The third-order valence-electron chi connectivity index (χ3n) is 6.34. The molecule has 1 aliphatic heterocycles. The summed E-state index contributed by atoms with van der Waals surface area (Å²) in [4.78, 5) is 12.7. The van der Waals surface area contributed by atoms with Crippen LogP contribution in [-0.4, -0.2) is 37.8 Å². The molecule has 2 bridgehead atoms. The second-order valence-corrected chi connectivity index (χ2v) is 9.86. The maximum absolute atomic E-state index is 13.0. The zero-order chi connectivity index (χ0) is 18.3. The van der Waals surface area contributed by atoms with E-state index in [9.17, 15) is 17.6 Å². The van der Waals surface area contributed by atoms with Gasteiger partial charge in [-0.25, -0.2) is 12.8 Å². The average molecular weight is 380 g/mol. The maximum atomic E-state index is 13.0. The summed E-state index contributed by atoms with van der Waals surface area (Å²) in [6, 6.07) is 5.21. The minimum Gasteiger partial charge on any atom is -0.353 e. The van der Waals surface area contributed by atoms with Crippen LogP contribution in [0.3, 0.4) is 0 Å². The molecule has 2 aliphatic carbocycles. The number of rotatable bonds is 4. The summed E-state index contributed by atoms with van der Waals surface area (Å²) in [5.41, 5.74) is 0. The number of sulfonamides is 1. The predicted octanol–water partition coefficient (Wildman–Crippen LogP) is 2.53. The second-order valence-electron chi connectivity index (χ2n) is 7.92. The summed E-state index contributed by atoms with van der Waals surface area (Å²) < 4.78 is 39.7. The highest BCUT2D eigenvalue weighted by Crippen LogP contribution is 2.44. The summed E-state index contributed by atoms with van der Waals surface area (Å²) in [5.74, 6) is 0.936. The highest BCUT2D eigenvalue weighted by Gasteiger charge is 2.41. The standard InChI is InChI=1S/C19H25FN2O3S/c20-16-3-5-17(6-4-16)26(24,25)22-9-7-14(8-10-22)19(23)21-18-12-13-1-2-15(18)11-13/h3-6,13-15,18H,1-2,7-12H2,(H,21,23)/t13-,15+,18-/m0/s1. The molecule has 0 radical (unpaired) electrons. The molecule has 7 heteroatoms. The molecule has 3 fully saturated rings. The Bertz CT molecular complexity index is 772. The molecular formula is C19H25FN2O3S. The summed E-state index contributed by atoms with van der Waals surface area (Å²) >= 11 is 0. The predicted molar refractivity (Wildman–Crippen MR) is 95.3 cm³/mol. The van der Waals surface area contributed by atoms with Gasteiger partial charge in [0.2, 0.25) is 15.9 Å². The number of amides is 1. The second kappa shape index (κ2) is 6.93. The third kappa shape index (κ3) is 3.39. The van der Waals surface area contributed by atoms with Crippen LogP contribution in [-0.2, 0) is 14.8 Å². The number of carbonyl (C=O) groups is 1. The molecule has 1 aromatic carbocycles. The molecule has 1 aromatic rings. The first-order valence-corrected chi connectivity index (χ1v) is 10.9. The van der Waals surface area contributed by atoms with Crippen molar-refractivity contribution < 1.29 is 17.6 Å². The van der Waals surface area contributed by atoms with Gasteiger partial charge in [0.15, 0.2) is 0 Å². The van der Waals surface area contributed by atoms with Gasteiger partial charge in [0.05, 0.1) is 4.90 Å². The van der Waals surface area contributed by atoms with Gasteiger partial charge in [0.1, 0.15) is 5.82 Å². The number of fused-ring (bicyclic) bond motifs is 2. The van der Waals surface area contributed by atoms with Crippen LogP contribution < -0.4 is 5.32 Å². The molecule has 1 saturated heterocycles. The van der Waals surface area contributed by atoms with E-state index in [4.69, 9.17) is 0 Å². The normalized spacial score (nSPS) is 29.8. The van der Waals surface area contributed by atoms with Gasteiger partial charge < -0.3 is 5.32 Å².